The predicted octanol–water partition coefficient (Wildman–Crippen LogP) is 4.71. The van der Waals surface area contributed by atoms with Gasteiger partial charge < -0.3 is 5.32 Å². The van der Waals surface area contributed by atoms with Crippen LogP contribution in [0.25, 0.3) is 11.1 Å². The van der Waals surface area contributed by atoms with Crippen LogP contribution in [0.1, 0.15) is 36.8 Å². The fourth-order valence-corrected chi connectivity index (χ4v) is 4.53. The summed E-state index contributed by atoms with van der Waals surface area (Å²) in [7, 11) is -2.08. The molecular formula is C24H29FN4O2S. The molecule has 0 saturated heterocycles. The minimum absolute atomic E-state index is 0.165. The fourth-order valence-electron chi connectivity index (χ4n) is 3.57. The molecule has 0 aliphatic rings. The predicted molar refractivity (Wildman–Crippen MR) is 126 cm³/mol. The van der Waals surface area contributed by atoms with Crippen LogP contribution in [0, 0.1) is 12.9 Å². The van der Waals surface area contributed by atoms with E-state index >= 15 is 0 Å². The molecule has 0 saturated carbocycles. The Bertz CT molecular complexity index is 1150. The van der Waals surface area contributed by atoms with Crippen LogP contribution in [0.15, 0.2) is 59.8 Å². The van der Waals surface area contributed by atoms with E-state index < -0.39 is 16.0 Å². The van der Waals surface area contributed by atoms with Crippen LogP contribution in [-0.2, 0) is 16.4 Å². The Labute approximate surface area is 189 Å². The van der Waals surface area contributed by atoms with Crippen LogP contribution in [0.3, 0.4) is 0 Å². The summed E-state index contributed by atoms with van der Waals surface area (Å²) in [6, 6.07) is 13.5. The van der Waals surface area contributed by atoms with Gasteiger partial charge in [0, 0.05) is 6.20 Å². The lowest BCUT2D eigenvalue weighted by Gasteiger charge is -2.14. The van der Waals surface area contributed by atoms with Gasteiger partial charge in [-0.3, -0.25) is 4.72 Å². The third-order valence-corrected chi connectivity index (χ3v) is 6.49. The van der Waals surface area contributed by atoms with Gasteiger partial charge in [-0.1, -0.05) is 43.2 Å². The van der Waals surface area contributed by atoms with Gasteiger partial charge in [0.05, 0.1) is 0 Å². The molecule has 6 nitrogen and oxygen atoms in total. The quantitative estimate of drug-likeness (QED) is 0.322. The highest BCUT2D eigenvalue weighted by atomic mass is 32.2. The Morgan fingerprint density at radius 2 is 1.75 bits per heavy atom. The van der Waals surface area contributed by atoms with Gasteiger partial charge in [-0.05, 0) is 80.2 Å². The van der Waals surface area contributed by atoms with E-state index in [0.29, 0.717) is 0 Å². The number of rotatable bonds is 11. The smallest absolute Gasteiger partial charge is 0.280 e. The van der Waals surface area contributed by atoms with Crippen molar-refractivity contribution >= 4 is 15.8 Å². The maximum Gasteiger partial charge on any atom is 0.280 e. The average Bonchev–Trinajstić information content (AvgIpc) is 2.78. The molecule has 2 N–H and O–H groups in total. The first-order valence-electron chi connectivity index (χ1n) is 10.8. The summed E-state index contributed by atoms with van der Waals surface area (Å²) in [4.78, 5) is 7.68. The molecule has 0 radical (unpaired) electrons. The number of halogens is 1. The number of hydrogen-bond acceptors (Lipinski definition) is 5. The maximum atomic E-state index is 13.4. The van der Waals surface area contributed by atoms with Crippen LogP contribution >= 0.6 is 0 Å². The van der Waals surface area contributed by atoms with Crippen LogP contribution < -0.4 is 10.0 Å². The van der Waals surface area contributed by atoms with Gasteiger partial charge in [-0.25, -0.2) is 9.97 Å². The van der Waals surface area contributed by atoms with Crippen molar-refractivity contribution in [3.8, 4) is 11.1 Å². The van der Waals surface area contributed by atoms with E-state index in [2.05, 4.69) is 26.1 Å². The van der Waals surface area contributed by atoms with Crippen molar-refractivity contribution in [3.05, 3.63) is 71.8 Å². The zero-order chi connectivity index (χ0) is 23.0. The zero-order valence-corrected chi connectivity index (χ0v) is 19.3. The third kappa shape index (κ3) is 6.34. The lowest BCUT2D eigenvalue weighted by Crippen LogP contribution is -2.16. The van der Waals surface area contributed by atoms with Crippen LogP contribution in [-0.4, -0.2) is 32.0 Å². The molecule has 170 valence electrons. The number of benzene rings is 1. The maximum absolute atomic E-state index is 13.4. The van der Waals surface area contributed by atoms with Crippen molar-refractivity contribution in [1.29, 1.82) is 0 Å². The second kappa shape index (κ2) is 11.2. The standard InChI is InChI=1S/C24H29FN4O2S/c1-18-17-27-23(29-32(30,31)24-14-9-13-22(25)28-24)16-21(18)20-12-7-6-11-19(20)10-5-3-4-8-15-26-2/h6-7,9,11-14,16-17,26H,3-5,8,10,15H2,1-2H3,(H,27,29). The summed E-state index contributed by atoms with van der Waals surface area (Å²) in [5, 5.41) is 2.78. The molecule has 0 unspecified atom stereocenters. The number of sulfonamides is 1. The van der Waals surface area contributed by atoms with Gasteiger partial charge in [-0.15, -0.1) is 0 Å². The van der Waals surface area contributed by atoms with Crippen molar-refractivity contribution in [2.75, 3.05) is 18.3 Å². The van der Waals surface area contributed by atoms with Crippen LogP contribution in [0.5, 0.6) is 0 Å². The van der Waals surface area contributed by atoms with Gasteiger partial charge in [0.25, 0.3) is 10.0 Å². The molecule has 0 aliphatic heterocycles. The summed E-state index contributed by atoms with van der Waals surface area (Å²) in [5.41, 5.74) is 4.14. The molecule has 32 heavy (non-hydrogen) atoms. The number of nitrogens with zero attached hydrogens (tertiary/aromatic N) is 2. The second-order valence-electron chi connectivity index (χ2n) is 7.71. The first-order valence-corrected chi connectivity index (χ1v) is 12.2. The van der Waals surface area contributed by atoms with Gasteiger partial charge in [0.2, 0.25) is 5.95 Å². The molecule has 0 spiro atoms. The number of hydrogen-bond donors (Lipinski definition) is 2. The summed E-state index contributed by atoms with van der Waals surface area (Å²) < 4.78 is 41.0. The van der Waals surface area contributed by atoms with Gasteiger partial charge in [0.15, 0.2) is 5.03 Å². The van der Waals surface area contributed by atoms with E-state index in [1.54, 1.807) is 12.3 Å². The molecule has 3 rings (SSSR count). The summed E-state index contributed by atoms with van der Waals surface area (Å²) in [6.07, 6.45) is 7.21. The fraction of sp³-hybridized carbons (Fsp3) is 0.333. The Morgan fingerprint density at radius 1 is 0.969 bits per heavy atom. The molecule has 0 amide bonds. The van der Waals surface area contributed by atoms with E-state index in [4.69, 9.17) is 0 Å². The summed E-state index contributed by atoms with van der Waals surface area (Å²) >= 11 is 0. The largest absolute Gasteiger partial charge is 0.320 e. The Balaban J connectivity index is 1.80. The molecule has 0 atom stereocenters. The summed E-state index contributed by atoms with van der Waals surface area (Å²) in [6.45, 7) is 2.99. The SMILES string of the molecule is CNCCCCCCc1ccccc1-c1cc(NS(=O)(=O)c2cccc(F)n2)ncc1C. The van der Waals surface area contributed by atoms with Crippen molar-refractivity contribution in [1.82, 2.24) is 15.3 Å². The molecule has 2 heterocycles. The molecule has 3 aromatic rings. The lowest BCUT2D eigenvalue weighted by atomic mass is 9.94. The number of anilines is 1. The van der Waals surface area contributed by atoms with Crippen molar-refractivity contribution in [2.24, 2.45) is 0 Å². The molecule has 2 aromatic heterocycles. The Kier molecular flexibility index (Phi) is 8.30. The number of pyridine rings is 2. The molecule has 8 heteroatoms. The topological polar surface area (TPSA) is 84.0 Å². The zero-order valence-electron chi connectivity index (χ0n) is 18.4. The van der Waals surface area contributed by atoms with Gasteiger partial charge >= 0.3 is 0 Å². The van der Waals surface area contributed by atoms with Crippen molar-refractivity contribution < 1.29 is 12.8 Å². The molecule has 0 fully saturated rings. The van der Waals surface area contributed by atoms with E-state index in [1.165, 1.54) is 30.5 Å². The number of unbranched alkanes of at least 4 members (excludes halogenated alkanes) is 3. The summed E-state index contributed by atoms with van der Waals surface area (Å²) in [5.74, 6) is -0.691. The minimum atomic E-state index is -4.05. The van der Waals surface area contributed by atoms with E-state index in [1.807, 2.05) is 32.2 Å². The average molecular weight is 457 g/mol. The minimum Gasteiger partial charge on any atom is -0.320 e. The normalized spacial score (nSPS) is 11.5. The monoisotopic (exact) mass is 456 g/mol. The first-order chi connectivity index (χ1) is 15.4. The third-order valence-electron chi connectivity index (χ3n) is 5.24. The Hall–Kier alpha value is -2.84. The van der Waals surface area contributed by atoms with Crippen molar-refractivity contribution in [3.63, 3.8) is 0 Å². The molecule has 1 aromatic carbocycles. The van der Waals surface area contributed by atoms with E-state index in [0.717, 1.165) is 48.6 Å². The Morgan fingerprint density at radius 3 is 2.53 bits per heavy atom. The lowest BCUT2D eigenvalue weighted by molar-refractivity contribution is 0.558. The van der Waals surface area contributed by atoms with Gasteiger partial charge in [0.1, 0.15) is 5.82 Å². The second-order valence-corrected chi connectivity index (χ2v) is 9.34. The highest BCUT2D eigenvalue weighted by molar-refractivity contribution is 7.92. The molecule has 0 aliphatic carbocycles. The first kappa shape index (κ1) is 23.8. The van der Waals surface area contributed by atoms with E-state index in [9.17, 15) is 12.8 Å². The van der Waals surface area contributed by atoms with Crippen LogP contribution in [0.4, 0.5) is 10.2 Å². The number of aryl methyl sites for hydroxylation is 2. The van der Waals surface area contributed by atoms with Crippen molar-refractivity contribution in [2.45, 2.75) is 44.1 Å². The van der Waals surface area contributed by atoms with Gasteiger partial charge in [-0.2, -0.15) is 12.8 Å². The molecular weight excluding hydrogens is 427 g/mol. The highest BCUT2D eigenvalue weighted by Gasteiger charge is 2.18. The highest BCUT2D eigenvalue weighted by Crippen LogP contribution is 2.30. The van der Waals surface area contributed by atoms with E-state index in [-0.39, 0.29) is 10.8 Å². The van der Waals surface area contributed by atoms with Crippen LogP contribution in [0.2, 0.25) is 0 Å². The number of aromatic nitrogens is 2. The molecule has 0 bridgehead atoms. The number of nitrogens with one attached hydrogen (secondary N) is 2.